The van der Waals surface area contributed by atoms with E-state index in [9.17, 15) is 0 Å². The molecule has 0 N–H and O–H groups in total. The minimum atomic E-state index is 0.227. The van der Waals surface area contributed by atoms with Crippen molar-refractivity contribution in [1.29, 1.82) is 0 Å². The number of aromatic nitrogens is 2. The molecule has 0 fully saturated rings. The maximum atomic E-state index is 4.99. The number of rotatable bonds is 2. The molecule has 0 saturated heterocycles. The van der Waals surface area contributed by atoms with E-state index in [0.29, 0.717) is 17.4 Å². The molecule has 0 aromatic carbocycles. The molecular weight excluding hydrogens is 172 g/mol. The van der Waals surface area contributed by atoms with Crippen molar-refractivity contribution in [3.63, 3.8) is 0 Å². The van der Waals surface area contributed by atoms with Crippen LogP contribution in [0.2, 0.25) is 0 Å². The van der Waals surface area contributed by atoms with Gasteiger partial charge in [0.25, 0.3) is 0 Å². The first kappa shape index (κ1) is 7.78. The van der Waals surface area contributed by atoms with Gasteiger partial charge in [0.2, 0.25) is 5.88 Å². The van der Waals surface area contributed by atoms with E-state index in [2.05, 4.69) is 20.3 Å². The Morgan fingerprint density at radius 3 is 2.69 bits per heavy atom. The van der Waals surface area contributed by atoms with Gasteiger partial charge in [0, 0.05) is 0 Å². The van der Waals surface area contributed by atoms with E-state index in [1.807, 2.05) is 0 Å². The van der Waals surface area contributed by atoms with Gasteiger partial charge in [-0.25, -0.2) is 10.3 Å². The van der Waals surface area contributed by atoms with Crippen LogP contribution in [0.25, 0.3) is 0 Å². The van der Waals surface area contributed by atoms with Crippen molar-refractivity contribution in [3.05, 3.63) is 0 Å². The Kier molecular flexibility index (Phi) is 1.73. The minimum Gasteiger partial charge on any atom is -0.479 e. The third-order valence-electron chi connectivity index (χ3n) is 1.56. The SMILES string of the molecule is COc1nc2c(c(OC)n1)N=C[N]2. The highest BCUT2D eigenvalue weighted by Gasteiger charge is 2.18. The number of aliphatic imine (C=N–C) groups is 1. The van der Waals surface area contributed by atoms with Gasteiger partial charge in [-0.15, -0.1) is 0 Å². The van der Waals surface area contributed by atoms with Gasteiger partial charge >= 0.3 is 6.01 Å². The second-order valence-corrected chi connectivity index (χ2v) is 2.27. The standard InChI is InChI=1S/C7H7N4O2/c1-12-6-4-5(9-3-8-4)10-7(11-6)13-2/h3H,1-2H3. The van der Waals surface area contributed by atoms with Gasteiger partial charge in [-0.1, -0.05) is 0 Å². The van der Waals surface area contributed by atoms with Crippen molar-refractivity contribution in [2.24, 2.45) is 4.99 Å². The Hall–Kier alpha value is -1.85. The van der Waals surface area contributed by atoms with E-state index in [1.165, 1.54) is 20.6 Å². The van der Waals surface area contributed by atoms with E-state index in [0.717, 1.165) is 0 Å². The summed E-state index contributed by atoms with van der Waals surface area (Å²) in [4.78, 5) is 11.9. The second kappa shape index (κ2) is 2.89. The minimum absolute atomic E-state index is 0.227. The van der Waals surface area contributed by atoms with Crippen LogP contribution in [0.3, 0.4) is 0 Å². The third kappa shape index (κ3) is 1.16. The maximum Gasteiger partial charge on any atom is 0.321 e. The second-order valence-electron chi connectivity index (χ2n) is 2.27. The monoisotopic (exact) mass is 179 g/mol. The van der Waals surface area contributed by atoms with Gasteiger partial charge in [0.05, 0.1) is 14.2 Å². The molecule has 2 heterocycles. The summed E-state index contributed by atoms with van der Waals surface area (Å²) in [7, 11) is 2.99. The first-order valence-electron chi connectivity index (χ1n) is 3.58. The number of hydrogen-bond acceptors (Lipinski definition) is 5. The molecule has 13 heavy (non-hydrogen) atoms. The number of methoxy groups -OCH3 is 2. The molecule has 1 aliphatic heterocycles. The zero-order chi connectivity index (χ0) is 9.26. The van der Waals surface area contributed by atoms with Crippen LogP contribution in [0.4, 0.5) is 11.5 Å². The summed E-state index contributed by atoms with van der Waals surface area (Å²) in [6.07, 6.45) is 1.40. The molecule has 67 valence electrons. The van der Waals surface area contributed by atoms with Crippen LogP contribution in [0.1, 0.15) is 0 Å². The highest BCUT2D eigenvalue weighted by molar-refractivity contribution is 5.82. The Morgan fingerprint density at radius 2 is 2.00 bits per heavy atom. The molecule has 1 aromatic heterocycles. The molecule has 0 amide bonds. The van der Waals surface area contributed by atoms with Gasteiger partial charge in [-0.3, -0.25) is 0 Å². The lowest BCUT2D eigenvalue weighted by Crippen LogP contribution is -1.98. The van der Waals surface area contributed by atoms with E-state index in [1.54, 1.807) is 0 Å². The summed E-state index contributed by atoms with van der Waals surface area (Å²) in [5.41, 5.74) is 0.545. The number of hydrogen-bond donors (Lipinski definition) is 0. The average molecular weight is 179 g/mol. The first-order chi connectivity index (χ1) is 6.35. The Morgan fingerprint density at radius 1 is 1.15 bits per heavy atom. The summed E-state index contributed by atoms with van der Waals surface area (Å²) in [5.74, 6) is 0.850. The molecule has 1 radical (unpaired) electrons. The average Bonchev–Trinajstić information content (AvgIpc) is 2.63. The topological polar surface area (TPSA) is 70.7 Å². The molecular formula is C7H7N4O2. The predicted molar refractivity (Wildman–Crippen MR) is 45.1 cm³/mol. The Bertz CT molecular complexity index is 364. The largest absolute Gasteiger partial charge is 0.479 e. The summed E-state index contributed by atoms with van der Waals surface area (Å²) in [5, 5.41) is 3.91. The highest BCUT2D eigenvalue weighted by Crippen LogP contribution is 2.36. The molecule has 6 nitrogen and oxygen atoms in total. The smallest absolute Gasteiger partial charge is 0.321 e. The van der Waals surface area contributed by atoms with E-state index < -0.39 is 0 Å². The molecule has 1 aromatic rings. The summed E-state index contributed by atoms with van der Waals surface area (Å²) in [6.45, 7) is 0. The zero-order valence-electron chi connectivity index (χ0n) is 7.18. The molecule has 0 saturated carbocycles. The van der Waals surface area contributed by atoms with E-state index in [-0.39, 0.29) is 6.01 Å². The number of fused-ring (bicyclic) bond motifs is 1. The van der Waals surface area contributed by atoms with Gasteiger partial charge in [-0.2, -0.15) is 9.97 Å². The van der Waals surface area contributed by atoms with Crippen LogP contribution in [0, 0.1) is 0 Å². The van der Waals surface area contributed by atoms with E-state index >= 15 is 0 Å². The molecule has 0 atom stereocenters. The van der Waals surface area contributed by atoms with Gasteiger partial charge in [-0.05, 0) is 0 Å². The van der Waals surface area contributed by atoms with Gasteiger partial charge in [0.15, 0.2) is 11.5 Å². The summed E-state index contributed by atoms with van der Waals surface area (Å²) >= 11 is 0. The quantitative estimate of drug-likeness (QED) is 0.658. The lowest BCUT2D eigenvalue weighted by atomic mass is 10.5. The van der Waals surface area contributed by atoms with Crippen molar-refractivity contribution >= 4 is 17.8 Å². The third-order valence-corrected chi connectivity index (χ3v) is 1.56. The summed E-state index contributed by atoms with van der Waals surface area (Å²) in [6, 6.07) is 0.227. The Balaban J connectivity index is 2.53. The van der Waals surface area contributed by atoms with Crippen molar-refractivity contribution in [2.45, 2.75) is 0 Å². The maximum absolute atomic E-state index is 4.99. The van der Waals surface area contributed by atoms with Gasteiger partial charge in [0.1, 0.15) is 6.34 Å². The van der Waals surface area contributed by atoms with E-state index in [4.69, 9.17) is 9.47 Å². The molecule has 0 spiro atoms. The number of ether oxygens (including phenoxy) is 2. The van der Waals surface area contributed by atoms with Crippen LogP contribution in [0.15, 0.2) is 4.99 Å². The van der Waals surface area contributed by atoms with Gasteiger partial charge < -0.3 is 9.47 Å². The van der Waals surface area contributed by atoms with Crippen molar-refractivity contribution < 1.29 is 9.47 Å². The Labute approximate surface area is 74.6 Å². The molecule has 0 bridgehead atoms. The molecule has 6 heteroatoms. The van der Waals surface area contributed by atoms with Crippen molar-refractivity contribution in [2.75, 3.05) is 14.2 Å². The first-order valence-corrected chi connectivity index (χ1v) is 3.58. The fraction of sp³-hybridized carbons (Fsp3) is 0.286. The van der Waals surface area contributed by atoms with Crippen LogP contribution >= 0.6 is 0 Å². The highest BCUT2D eigenvalue weighted by atomic mass is 16.5. The zero-order valence-corrected chi connectivity index (χ0v) is 7.18. The van der Waals surface area contributed by atoms with Crippen LogP contribution in [-0.2, 0) is 0 Å². The molecule has 0 unspecified atom stereocenters. The lowest BCUT2D eigenvalue weighted by molar-refractivity contribution is 0.353. The van der Waals surface area contributed by atoms with Crippen LogP contribution in [-0.4, -0.2) is 30.5 Å². The van der Waals surface area contributed by atoms with Crippen molar-refractivity contribution in [3.8, 4) is 11.9 Å². The van der Waals surface area contributed by atoms with Crippen molar-refractivity contribution in [1.82, 2.24) is 15.3 Å². The fourth-order valence-electron chi connectivity index (χ4n) is 0.982. The fourth-order valence-corrected chi connectivity index (χ4v) is 0.982. The molecule has 2 rings (SSSR count). The van der Waals surface area contributed by atoms with Crippen LogP contribution < -0.4 is 14.8 Å². The number of nitrogens with zero attached hydrogens (tertiary/aromatic N) is 4. The summed E-state index contributed by atoms with van der Waals surface area (Å²) < 4.78 is 9.86. The lowest BCUT2D eigenvalue weighted by Gasteiger charge is -2.04. The predicted octanol–water partition coefficient (Wildman–Crippen LogP) is 0.403. The van der Waals surface area contributed by atoms with Crippen LogP contribution in [0.5, 0.6) is 11.9 Å². The molecule has 1 aliphatic rings. The molecule has 0 aliphatic carbocycles. The normalized spacial score (nSPS) is 12.2.